The van der Waals surface area contributed by atoms with E-state index in [1.165, 1.54) is 6.07 Å². The smallest absolute Gasteiger partial charge is 0.378 e. The number of likely N-dealkylation sites (tertiary alicyclic amines) is 1. The first-order valence-electron chi connectivity index (χ1n) is 12.7. The molecule has 7 nitrogen and oxygen atoms in total. The lowest BCUT2D eigenvalue weighted by Gasteiger charge is -2.36. The summed E-state index contributed by atoms with van der Waals surface area (Å²) in [6.45, 7) is 4.44. The Balaban J connectivity index is 1.25. The summed E-state index contributed by atoms with van der Waals surface area (Å²) in [5, 5.41) is 11.6. The van der Waals surface area contributed by atoms with Gasteiger partial charge in [0.1, 0.15) is 6.17 Å². The van der Waals surface area contributed by atoms with Crippen LogP contribution in [0.2, 0.25) is 0 Å². The number of ether oxygens (including phenoxy) is 1. The van der Waals surface area contributed by atoms with Gasteiger partial charge in [-0.3, -0.25) is 4.79 Å². The maximum absolute atomic E-state index is 14.1. The summed E-state index contributed by atoms with van der Waals surface area (Å²) in [6, 6.07) is 3.81. The monoisotopic (exact) mass is 521 g/mol. The minimum Gasteiger partial charge on any atom is -0.378 e. The molecule has 200 valence electrons. The quantitative estimate of drug-likeness (QED) is 0.619. The van der Waals surface area contributed by atoms with Gasteiger partial charge in [0.25, 0.3) is 5.91 Å². The van der Waals surface area contributed by atoms with E-state index in [2.05, 4.69) is 15.5 Å². The Bertz CT molecular complexity index is 1140. The summed E-state index contributed by atoms with van der Waals surface area (Å²) in [4.78, 5) is 17.0. The van der Waals surface area contributed by atoms with Crippen molar-refractivity contribution in [2.75, 3.05) is 37.7 Å². The molecule has 11 heteroatoms. The molecule has 1 aromatic carbocycles. The fourth-order valence-electron chi connectivity index (χ4n) is 5.49. The number of anilines is 1. The molecule has 1 N–H and O–H groups in total. The van der Waals surface area contributed by atoms with Crippen LogP contribution in [0.15, 0.2) is 24.4 Å². The number of fused-ring (bicyclic) bond motifs is 1. The van der Waals surface area contributed by atoms with E-state index in [0.29, 0.717) is 75.3 Å². The Morgan fingerprint density at radius 2 is 1.92 bits per heavy atom. The number of halogens is 4. The van der Waals surface area contributed by atoms with Gasteiger partial charge in [0, 0.05) is 50.4 Å². The molecular weight excluding hydrogens is 490 g/mol. The van der Waals surface area contributed by atoms with Gasteiger partial charge in [0.15, 0.2) is 5.69 Å². The highest BCUT2D eigenvalue weighted by Gasteiger charge is 2.33. The predicted octanol–water partition coefficient (Wildman–Crippen LogP) is 3.69. The lowest BCUT2D eigenvalue weighted by atomic mass is 9.96. The number of aromatic nitrogens is 2. The van der Waals surface area contributed by atoms with Crippen LogP contribution in [-0.2, 0) is 23.9 Å². The molecule has 2 fully saturated rings. The predicted molar refractivity (Wildman–Crippen MR) is 129 cm³/mol. The minimum absolute atomic E-state index is 0.120. The summed E-state index contributed by atoms with van der Waals surface area (Å²) in [5.74, 6) is -0.212. The van der Waals surface area contributed by atoms with Crippen molar-refractivity contribution in [2.24, 2.45) is 0 Å². The van der Waals surface area contributed by atoms with Crippen molar-refractivity contribution in [2.45, 2.75) is 63.6 Å². The molecule has 2 unspecified atom stereocenters. The number of benzene rings is 1. The van der Waals surface area contributed by atoms with Gasteiger partial charge >= 0.3 is 6.18 Å². The second kappa shape index (κ2) is 10.5. The molecular formula is C26H31F4N5O2. The van der Waals surface area contributed by atoms with E-state index in [9.17, 15) is 22.4 Å². The SMILES string of the molecule is Cc1c(N2CCc3ccc(C(F)(F)F)cc3C2)cnnc1C(=O)N1CCC(NC2CCOCC2F)CC1. The number of carbonyl (C=O) groups is 1. The summed E-state index contributed by atoms with van der Waals surface area (Å²) in [6.07, 6.45) is -1.17. The lowest BCUT2D eigenvalue weighted by Crippen LogP contribution is -2.52. The van der Waals surface area contributed by atoms with Gasteiger partial charge in [0.05, 0.1) is 24.1 Å². The maximum atomic E-state index is 14.1. The summed E-state index contributed by atoms with van der Waals surface area (Å²) in [5.41, 5.74) is 2.48. The third kappa shape index (κ3) is 5.57. The molecule has 4 heterocycles. The van der Waals surface area contributed by atoms with Gasteiger partial charge < -0.3 is 19.9 Å². The molecule has 2 atom stereocenters. The van der Waals surface area contributed by atoms with E-state index in [-0.39, 0.29) is 30.3 Å². The van der Waals surface area contributed by atoms with Gasteiger partial charge in [-0.2, -0.15) is 18.3 Å². The highest BCUT2D eigenvalue weighted by atomic mass is 19.4. The van der Waals surface area contributed by atoms with Crippen molar-refractivity contribution >= 4 is 11.6 Å². The van der Waals surface area contributed by atoms with Gasteiger partial charge in [-0.05, 0) is 55.9 Å². The Hall–Kier alpha value is -2.79. The molecule has 0 saturated carbocycles. The Morgan fingerprint density at radius 1 is 1.14 bits per heavy atom. The second-order valence-electron chi connectivity index (χ2n) is 10.1. The molecule has 2 aromatic rings. The number of hydrogen-bond acceptors (Lipinski definition) is 6. The van der Waals surface area contributed by atoms with Crippen LogP contribution in [0.5, 0.6) is 0 Å². The largest absolute Gasteiger partial charge is 0.416 e. The van der Waals surface area contributed by atoms with E-state index in [4.69, 9.17) is 4.74 Å². The van der Waals surface area contributed by atoms with Gasteiger partial charge in [-0.15, -0.1) is 5.10 Å². The molecule has 0 bridgehead atoms. The van der Waals surface area contributed by atoms with Crippen molar-refractivity contribution in [3.8, 4) is 0 Å². The van der Waals surface area contributed by atoms with E-state index < -0.39 is 17.9 Å². The van der Waals surface area contributed by atoms with Gasteiger partial charge in [-0.25, -0.2) is 4.39 Å². The average molecular weight is 522 g/mol. The molecule has 1 amide bonds. The highest BCUT2D eigenvalue weighted by Crippen LogP contribution is 2.34. The van der Waals surface area contributed by atoms with Crippen LogP contribution in [-0.4, -0.2) is 72.1 Å². The first-order valence-corrected chi connectivity index (χ1v) is 12.7. The maximum Gasteiger partial charge on any atom is 0.416 e. The fourth-order valence-corrected chi connectivity index (χ4v) is 5.49. The average Bonchev–Trinajstić information content (AvgIpc) is 2.89. The number of carbonyl (C=O) groups excluding carboxylic acids is 1. The van der Waals surface area contributed by atoms with Gasteiger partial charge in [-0.1, -0.05) is 6.07 Å². The number of hydrogen-bond donors (Lipinski definition) is 1. The van der Waals surface area contributed by atoms with Crippen molar-refractivity contribution in [1.82, 2.24) is 20.4 Å². The topological polar surface area (TPSA) is 70.6 Å². The fraction of sp³-hybridized carbons (Fsp3) is 0.577. The zero-order valence-corrected chi connectivity index (χ0v) is 20.7. The zero-order valence-electron chi connectivity index (χ0n) is 20.7. The zero-order chi connectivity index (χ0) is 26.2. The number of piperidine rings is 1. The number of rotatable bonds is 4. The summed E-state index contributed by atoms with van der Waals surface area (Å²) in [7, 11) is 0. The Kier molecular flexibility index (Phi) is 7.35. The molecule has 0 spiro atoms. The third-order valence-corrected chi connectivity index (χ3v) is 7.69. The Morgan fingerprint density at radius 3 is 2.65 bits per heavy atom. The first-order chi connectivity index (χ1) is 17.7. The number of alkyl halides is 4. The second-order valence-corrected chi connectivity index (χ2v) is 10.1. The van der Waals surface area contributed by atoms with E-state index in [0.717, 1.165) is 11.6 Å². The molecule has 0 aliphatic carbocycles. The highest BCUT2D eigenvalue weighted by molar-refractivity contribution is 5.95. The standard InChI is InChI=1S/C26H31F4N5O2/c1-16-23(35-8-4-17-2-3-19(26(28,29)30)12-18(17)14-35)13-31-33-24(16)25(36)34-9-5-20(6-10-34)32-22-7-11-37-15-21(22)27/h2-3,12-13,20-22,32H,4-11,14-15H2,1H3. The van der Waals surface area contributed by atoms with Crippen LogP contribution in [0.25, 0.3) is 0 Å². The van der Waals surface area contributed by atoms with Crippen molar-refractivity contribution in [3.05, 3.63) is 52.3 Å². The number of nitrogens with zero attached hydrogens (tertiary/aromatic N) is 4. The molecule has 3 aliphatic rings. The van der Waals surface area contributed by atoms with E-state index >= 15 is 0 Å². The minimum atomic E-state index is -4.40. The molecule has 0 radical (unpaired) electrons. The third-order valence-electron chi connectivity index (χ3n) is 7.69. The van der Waals surface area contributed by atoms with Crippen LogP contribution < -0.4 is 10.2 Å². The summed E-state index contributed by atoms with van der Waals surface area (Å²) >= 11 is 0. The summed E-state index contributed by atoms with van der Waals surface area (Å²) < 4.78 is 58.9. The molecule has 5 rings (SSSR count). The van der Waals surface area contributed by atoms with Crippen molar-refractivity contribution in [3.63, 3.8) is 0 Å². The van der Waals surface area contributed by atoms with Crippen LogP contribution in [0.1, 0.15) is 52.0 Å². The normalized spacial score (nSPS) is 23.2. The Labute approximate surface area is 213 Å². The molecule has 1 aromatic heterocycles. The van der Waals surface area contributed by atoms with Crippen molar-refractivity contribution in [1.29, 1.82) is 0 Å². The number of nitrogens with one attached hydrogen (secondary N) is 1. The van der Waals surface area contributed by atoms with E-state index in [1.807, 2.05) is 4.90 Å². The van der Waals surface area contributed by atoms with E-state index in [1.54, 1.807) is 24.1 Å². The molecule has 3 aliphatic heterocycles. The van der Waals surface area contributed by atoms with Gasteiger partial charge in [0.2, 0.25) is 0 Å². The first kappa shape index (κ1) is 25.8. The van der Waals surface area contributed by atoms with Crippen LogP contribution >= 0.6 is 0 Å². The molecule has 2 saturated heterocycles. The number of amides is 1. The molecule has 37 heavy (non-hydrogen) atoms. The lowest BCUT2D eigenvalue weighted by molar-refractivity contribution is -0.137. The van der Waals surface area contributed by atoms with Crippen LogP contribution in [0, 0.1) is 6.92 Å². The van der Waals surface area contributed by atoms with Crippen molar-refractivity contribution < 1.29 is 27.1 Å². The van der Waals surface area contributed by atoms with Crippen LogP contribution in [0.4, 0.5) is 23.2 Å². The van der Waals surface area contributed by atoms with Crippen LogP contribution in [0.3, 0.4) is 0 Å².